The Balaban J connectivity index is 2.25. The predicted molar refractivity (Wildman–Crippen MR) is 74.7 cm³/mol. The molecule has 5 heteroatoms. The molecule has 0 radical (unpaired) electrons. The summed E-state index contributed by atoms with van der Waals surface area (Å²) in [6.07, 6.45) is 0. The van der Waals surface area contributed by atoms with E-state index in [9.17, 15) is 0 Å². The van der Waals surface area contributed by atoms with Crippen molar-refractivity contribution in [1.82, 2.24) is 9.97 Å². The Morgan fingerprint density at radius 3 is 2.35 bits per heavy atom. The molecule has 98 valence electrons. The summed E-state index contributed by atoms with van der Waals surface area (Å²) in [5.74, 6) is 0.531. The first-order valence-electron chi connectivity index (χ1n) is 6.13. The topological polar surface area (TPSA) is 85.4 Å². The summed E-state index contributed by atoms with van der Waals surface area (Å²) >= 11 is 0. The van der Waals surface area contributed by atoms with Gasteiger partial charge in [0.2, 0.25) is 0 Å². The van der Waals surface area contributed by atoms with Crippen molar-refractivity contribution in [1.29, 1.82) is 10.5 Å². The highest BCUT2D eigenvalue weighted by molar-refractivity contribution is 5.47. The Hall–Kier alpha value is -2.92. The van der Waals surface area contributed by atoms with Crippen LogP contribution in [0.1, 0.15) is 28.2 Å². The van der Waals surface area contributed by atoms with Gasteiger partial charge in [-0.05, 0) is 25.0 Å². The second-order valence-electron chi connectivity index (χ2n) is 4.36. The normalized spacial score (nSPS) is 9.60. The quantitative estimate of drug-likeness (QED) is 0.919. The predicted octanol–water partition coefficient (Wildman–Crippen LogP) is 2.45. The molecule has 0 aliphatic heterocycles. The molecule has 1 N–H and O–H groups in total. The van der Waals surface area contributed by atoms with Crippen LogP contribution in [0.2, 0.25) is 0 Å². The second kappa shape index (κ2) is 5.81. The van der Waals surface area contributed by atoms with Gasteiger partial charge in [-0.25, -0.2) is 9.97 Å². The average molecular weight is 263 g/mol. The van der Waals surface area contributed by atoms with E-state index >= 15 is 0 Å². The van der Waals surface area contributed by atoms with E-state index in [-0.39, 0.29) is 11.4 Å². The number of anilines is 1. The molecule has 0 spiro atoms. The number of hydrogen-bond donors (Lipinski definition) is 1. The molecule has 1 aromatic carbocycles. The largest absolute Gasteiger partial charge is 0.364 e. The van der Waals surface area contributed by atoms with Gasteiger partial charge in [-0.3, -0.25) is 0 Å². The van der Waals surface area contributed by atoms with Crippen molar-refractivity contribution < 1.29 is 0 Å². The molecule has 1 heterocycles. The number of nitrogens with one attached hydrogen (secondary N) is 1. The number of nitrogens with zero attached hydrogens (tertiary/aromatic N) is 4. The zero-order chi connectivity index (χ0) is 14.5. The summed E-state index contributed by atoms with van der Waals surface area (Å²) in [5.41, 5.74) is 3.04. The Bertz CT molecular complexity index is 722. The van der Waals surface area contributed by atoms with Gasteiger partial charge in [0.05, 0.1) is 5.69 Å². The minimum absolute atomic E-state index is 0.0467. The van der Waals surface area contributed by atoms with Gasteiger partial charge < -0.3 is 5.32 Å². The van der Waals surface area contributed by atoms with Gasteiger partial charge in [-0.1, -0.05) is 24.3 Å². The van der Waals surface area contributed by atoms with E-state index in [4.69, 9.17) is 10.5 Å². The molecule has 0 amide bonds. The van der Waals surface area contributed by atoms with Crippen LogP contribution in [0.5, 0.6) is 0 Å². The number of hydrogen-bond acceptors (Lipinski definition) is 5. The summed E-state index contributed by atoms with van der Waals surface area (Å²) in [5, 5.41) is 21.0. The molecule has 5 nitrogen and oxygen atoms in total. The minimum atomic E-state index is 0.0467. The molecule has 0 aliphatic rings. The van der Waals surface area contributed by atoms with Crippen molar-refractivity contribution in [3.05, 3.63) is 52.5 Å². The Morgan fingerprint density at radius 2 is 1.70 bits per heavy atom. The number of rotatable bonds is 3. The first kappa shape index (κ1) is 13.5. The first-order chi connectivity index (χ1) is 9.65. The second-order valence-corrected chi connectivity index (χ2v) is 4.36. The van der Waals surface area contributed by atoms with Gasteiger partial charge in [0.15, 0.2) is 11.4 Å². The Kier molecular flexibility index (Phi) is 3.93. The highest BCUT2D eigenvalue weighted by Gasteiger charge is 2.10. The van der Waals surface area contributed by atoms with Crippen molar-refractivity contribution >= 4 is 5.82 Å². The fourth-order valence-corrected chi connectivity index (χ4v) is 1.83. The molecule has 0 bridgehead atoms. The molecule has 20 heavy (non-hydrogen) atoms. The van der Waals surface area contributed by atoms with Crippen molar-refractivity contribution in [2.24, 2.45) is 0 Å². The first-order valence-corrected chi connectivity index (χ1v) is 6.13. The maximum Gasteiger partial charge on any atom is 0.179 e. The van der Waals surface area contributed by atoms with E-state index in [2.05, 4.69) is 15.3 Å². The summed E-state index contributed by atoms with van der Waals surface area (Å²) in [7, 11) is 0. The molecule has 1 aromatic heterocycles. The lowest BCUT2D eigenvalue weighted by atomic mass is 10.1. The fraction of sp³-hybridized carbons (Fsp3) is 0.200. The molecule has 0 unspecified atom stereocenters. The molecule has 0 fully saturated rings. The smallest absolute Gasteiger partial charge is 0.179 e. The zero-order valence-corrected chi connectivity index (χ0v) is 11.3. The van der Waals surface area contributed by atoms with Crippen molar-refractivity contribution in [2.75, 3.05) is 5.32 Å². The maximum absolute atomic E-state index is 8.96. The molecule has 0 saturated heterocycles. The van der Waals surface area contributed by atoms with Gasteiger partial charge >= 0.3 is 0 Å². The number of aryl methyl sites for hydroxylation is 2. The van der Waals surface area contributed by atoms with Crippen molar-refractivity contribution in [3.8, 4) is 12.1 Å². The van der Waals surface area contributed by atoms with Crippen LogP contribution in [0.3, 0.4) is 0 Å². The molecular weight excluding hydrogens is 250 g/mol. The van der Waals surface area contributed by atoms with Crippen LogP contribution in [0.4, 0.5) is 5.82 Å². The van der Waals surface area contributed by atoms with E-state index in [0.29, 0.717) is 18.1 Å². The van der Waals surface area contributed by atoms with Gasteiger partial charge in [0, 0.05) is 6.54 Å². The van der Waals surface area contributed by atoms with Crippen LogP contribution in [0, 0.1) is 36.5 Å². The van der Waals surface area contributed by atoms with Gasteiger partial charge in [-0.15, -0.1) is 0 Å². The maximum atomic E-state index is 8.96. The van der Waals surface area contributed by atoms with Crippen LogP contribution < -0.4 is 5.32 Å². The monoisotopic (exact) mass is 263 g/mol. The van der Waals surface area contributed by atoms with Crippen LogP contribution in [0.15, 0.2) is 24.3 Å². The third-order valence-corrected chi connectivity index (χ3v) is 2.99. The summed E-state index contributed by atoms with van der Waals surface area (Å²) in [4.78, 5) is 8.24. The lowest BCUT2D eigenvalue weighted by Crippen LogP contribution is -2.08. The Morgan fingerprint density at radius 1 is 1.05 bits per heavy atom. The SMILES string of the molecule is Cc1ccccc1CNc1nc(C#N)c(C#N)nc1C. The van der Waals surface area contributed by atoms with Crippen molar-refractivity contribution in [2.45, 2.75) is 20.4 Å². The van der Waals surface area contributed by atoms with E-state index in [1.807, 2.05) is 43.3 Å². The summed E-state index contributed by atoms with van der Waals surface area (Å²) in [6.45, 7) is 4.39. The van der Waals surface area contributed by atoms with Crippen molar-refractivity contribution in [3.63, 3.8) is 0 Å². The summed E-state index contributed by atoms with van der Waals surface area (Å²) < 4.78 is 0. The molecule has 0 aliphatic carbocycles. The van der Waals surface area contributed by atoms with E-state index in [1.54, 1.807) is 6.92 Å². The number of benzene rings is 1. The van der Waals surface area contributed by atoms with E-state index in [0.717, 1.165) is 5.56 Å². The van der Waals surface area contributed by atoms with Gasteiger partial charge in [0.25, 0.3) is 0 Å². The molecular formula is C15H13N5. The fourth-order valence-electron chi connectivity index (χ4n) is 1.83. The molecule has 2 rings (SSSR count). The standard InChI is InChI=1S/C15H13N5/c1-10-5-3-4-6-12(10)9-18-15-11(2)19-13(7-16)14(8-17)20-15/h3-6H,9H2,1-2H3,(H,18,20). The van der Waals surface area contributed by atoms with Crippen LogP contribution in [-0.4, -0.2) is 9.97 Å². The molecule has 0 saturated carbocycles. The number of aromatic nitrogens is 2. The number of nitriles is 2. The third-order valence-electron chi connectivity index (χ3n) is 2.99. The van der Waals surface area contributed by atoms with E-state index < -0.39 is 0 Å². The third kappa shape index (κ3) is 2.73. The Labute approximate surface area is 117 Å². The minimum Gasteiger partial charge on any atom is -0.364 e. The lowest BCUT2D eigenvalue weighted by Gasteiger charge is -2.10. The van der Waals surface area contributed by atoms with Crippen LogP contribution in [-0.2, 0) is 6.54 Å². The van der Waals surface area contributed by atoms with E-state index in [1.165, 1.54) is 5.56 Å². The highest BCUT2D eigenvalue weighted by atomic mass is 15.0. The summed E-state index contributed by atoms with van der Waals surface area (Å²) in [6, 6.07) is 11.8. The van der Waals surface area contributed by atoms with Crippen LogP contribution >= 0.6 is 0 Å². The lowest BCUT2D eigenvalue weighted by molar-refractivity contribution is 1.02. The molecule has 2 aromatic rings. The molecule has 0 atom stereocenters. The van der Waals surface area contributed by atoms with Gasteiger partial charge in [-0.2, -0.15) is 10.5 Å². The van der Waals surface area contributed by atoms with Crippen LogP contribution in [0.25, 0.3) is 0 Å². The zero-order valence-electron chi connectivity index (χ0n) is 11.3. The van der Waals surface area contributed by atoms with Gasteiger partial charge in [0.1, 0.15) is 18.0 Å². The highest BCUT2D eigenvalue weighted by Crippen LogP contribution is 2.15. The average Bonchev–Trinajstić information content (AvgIpc) is 2.47.